The first-order valence-electron chi connectivity index (χ1n) is 6.10. The summed E-state index contributed by atoms with van der Waals surface area (Å²) in [5, 5.41) is 3.67. The average molecular weight is 198 g/mol. The van der Waals surface area contributed by atoms with E-state index >= 15 is 0 Å². The molecule has 0 aromatic heterocycles. The minimum atomic E-state index is 0.790. The predicted octanol–water partition coefficient (Wildman–Crippen LogP) is 2.11. The Labute approximate surface area is 89.1 Å². The van der Waals surface area contributed by atoms with Gasteiger partial charge in [0.1, 0.15) is 0 Å². The standard InChI is InChI=1S/C12H26N2/c1-11(2)5-4-8-13-12-6-9-14(3)10-7-12/h11-13H,4-10H2,1-3H3. The molecule has 2 nitrogen and oxygen atoms in total. The van der Waals surface area contributed by atoms with E-state index in [1.165, 1.54) is 45.3 Å². The zero-order valence-electron chi connectivity index (χ0n) is 10.1. The van der Waals surface area contributed by atoms with Crippen molar-refractivity contribution in [2.45, 2.75) is 45.6 Å². The van der Waals surface area contributed by atoms with Gasteiger partial charge in [-0.15, -0.1) is 0 Å². The van der Waals surface area contributed by atoms with Gasteiger partial charge in [-0.05, 0) is 58.3 Å². The molecule has 0 radical (unpaired) electrons. The summed E-state index contributed by atoms with van der Waals surface area (Å²) in [7, 11) is 2.22. The summed E-state index contributed by atoms with van der Waals surface area (Å²) in [6.45, 7) is 8.35. The van der Waals surface area contributed by atoms with Crippen molar-refractivity contribution < 1.29 is 0 Å². The molecule has 0 aromatic carbocycles. The SMILES string of the molecule is CC(C)CCCNC1CCN(C)CC1. The Bertz CT molecular complexity index is 137. The maximum Gasteiger partial charge on any atom is 0.00914 e. The quantitative estimate of drug-likeness (QED) is 0.681. The van der Waals surface area contributed by atoms with Crippen LogP contribution in [0.25, 0.3) is 0 Å². The van der Waals surface area contributed by atoms with E-state index in [0.717, 1.165) is 12.0 Å². The number of hydrogen-bond acceptors (Lipinski definition) is 2. The van der Waals surface area contributed by atoms with E-state index in [4.69, 9.17) is 0 Å². The van der Waals surface area contributed by atoms with Crippen molar-refractivity contribution in [1.29, 1.82) is 0 Å². The van der Waals surface area contributed by atoms with Gasteiger partial charge < -0.3 is 10.2 Å². The smallest absolute Gasteiger partial charge is 0.00914 e. The van der Waals surface area contributed by atoms with Gasteiger partial charge >= 0.3 is 0 Å². The first-order valence-corrected chi connectivity index (χ1v) is 6.10. The van der Waals surface area contributed by atoms with Crippen molar-refractivity contribution in [3.8, 4) is 0 Å². The van der Waals surface area contributed by atoms with Crippen LogP contribution in [0.5, 0.6) is 0 Å². The molecule has 1 fully saturated rings. The Balaban J connectivity index is 1.96. The minimum Gasteiger partial charge on any atom is -0.314 e. The van der Waals surface area contributed by atoms with Crippen LogP contribution < -0.4 is 5.32 Å². The number of rotatable bonds is 5. The molecule has 2 heteroatoms. The van der Waals surface area contributed by atoms with E-state index in [1.54, 1.807) is 0 Å². The fraction of sp³-hybridized carbons (Fsp3) is 1.00. The molecule has 0 bridgehead atoms. The average Bonchev–Trinajstić information content (AvgIpc) is 2.15. The lowest BCUT2D eigenvalue weighted by molar-refractivity contribution is 0.234. The zero-order chi connectivity index (χ0) is 10.4. The van der Waals surface area contributed by atoms with Crippen LogP contribution in [0, 0.1) is 5.92 Å². The van der Waals surface area contributed by atoms with Gasteiger partial charge in [0.05, 0.1) is 0 Å². The molecule has 1 aliphatic heterocycles. The Kier molecular flexibility index (Phi) is 5.49. The second-order valence-electron chi connectivity index (χ2n) is 5.07. The van der Waals surface area contributed by atoms with E-state index in [9.17, 15) is 0 Å². The van der Waals surface area contributed by atoms with E-state index in [0.29, 0.717) is 0 Å². The summed E-state index contributed by atoms with van der Waals surface area (Å²) >= 11 is 0. The Hall–Kier alpha value is -0.0800. The number of likely N-dealkylation sites (tertiary alicyclic amines) is 1. The third-order valence-electron chi connectivity index (χ3n) is 3.11. The third kappa shape index (κ3) is 4.97. The highest BCUT2D eigenvalue weighted by Gasteiger charge is 2.15. The molecule has 14 heavy (non-hydrogen) atoms. The van der Waals surface area contributed by atoms with Gasteiger partial charge in [-0.25, -0.2) is 0 Å². The summed E-state index contributed by atoms with van der Waals surface area (Å²) in [5.74, 6) is 0.856. The normalized spacial score (nSPS) is 20.6. The lowest BCUT2D eigenvalue weighted by Crippen LogP contribution is -2.41. The second-order valence-corrected chi connectivity index (χ2v) is 5.07. The number of hydrogen-bond donors (Lipinski definition) is 1. The lowest BCUT2D eigenvalue weighted by Gasteiger charge is -2.29. The summed E-state index contributed by atoms with van der Waals surface area (Å²) in [4.78, 5) is 2.42. The summed E-state index contributed by atoms with van der Waals surface area (Å²) in [6, 6.07) is 0.790. The van der Waals surface area contributed by atoms with Crippen LogP contribution in [0.2, 0.25) is 0 Å². The highest BCUT2D eigenvalue weighted by atomic mass is 15.1. The molecular formula is C12H26N2. The molecule has 0 atom stereocenters. The summed E-state index contributed by atoms with van der Waals surface area (Å²) in [6.07, 6.45) is 5.36. The van der Waals surface area contributed by atoms with Gasteiger partial charge in [-0.1, -0.05) is 13.8 Å². The van der Waals surface area contributed by atoms with Crippen LogP contribution in [0.3, 0.4) is 0 Å². The molecule has 1 N–H and O–H groups in total. The first-order chi connectivity index (χ1) is 6.68. The van der Waals surface area contributed by atoms with E-state index in [-0.39, 0.29) is 0 Å². The number of nitrogens with zero attached hydrogens (tertiary/aromatic N) is 1. The highest BCUT2D eigenvalue weighted by molar-refractivity contribution is 4.75. The molecular weight excluding hydrogens is 172 g/mol. The third-order valence-corrected chi connectivity index (χ3v) is 3.11. The van der Waals surface area contributed by atoms with E-state index in [2.05, 4.69) is 31.1 Å². The Morgan fingerprint density at radius 3 is 2.50 bits per heavy atom. The van der Waals surface area contributed by atoms with Crippen LogP contribution in [0.4, 0.5) is 0 Å². The minimum absolute atomic E-state index is 0.790. The maximum atomic E-state index is 3.67. The van der Waals surface area contributed by atoms with Crippen molar-refractivity contribution in [2.24, 2.45) is 5.92 Å². The second kappa shape index (κ2) is 6.41. The number of nitrogens with one attached hydrogen (secondary N) is 1. The zero-order valence-corrected chi connectivity index (χ0v) is 10.1. The Morgan fingerprint density at radius 2 is 1.93 bits per heavy atom. The highest BCUT2D eigenvalue weighted by Crippen LogP contribution is 2.08. The fourth-order valence-electron chi connectivity index (χ4n) is 2.03. The molecule has 1 heterocycles. The Morgan fingerprint density at radius 1 is 1.29 bits per heavy atom. The van der Waals surface area contributed by atoms with Crippen LogP contribution in [0.1, 0.15) is 39.5 Å². The largest absolute Gasteiger partial charge is 0.314 e. The van der Waals surface area contributed by atoms with E-state index < -0.39 is 0 Å². The summed E-state index contributed by atoms with van der Waals surface area (Å²) in [5.41, 5.74) is 0. The van der Waals surface area contributed by atoms with Gasteiger partial charge in [0.25, 0.3) is 0 Å². The number of piperidine rings is 1. The molecule has 84 valence electrons. The predicted molar refractivity (Wildman–Crippen MR) is 62.6 cm³/mol. The molecule has 0 aromatic rings. The van der Waals surface area contributed by atoms with Crippen molar-refractivity contribution >= 4 is 0 Å². The van der Waals surface area contributed by atoms with Gasteiger partial charge in [0.15, 0.2) is 0 Å². The van der Waals surface area contributed by atoms with Crippen molar-refractivity contribution in [2.75, 3.05) is 26.7 Å². The molecule has 1 rings (SSSR count). The van der Waals surface area contributed by atoms with Crippen LogP contribution in [-0.2, 0) is 0 Å². The van der Waals surface area contributed by atoms with Gasteiger partial charge in [-0.2, -0.15) is 0 Å². The van der Waals surface area contributed by atoms with Crippen molar-refractivity contribution in [1.82, 2.24) is 10.2 Å². The molecule has 0 aliphatic carbocycles. The monoisotopic (exact) mass is 198 g/mol. The van der Waals surface area contributed by atoms with Crippen LogP contribution >= 0.6 is 0 Å². The molecule has 0 spiro atoms. The molecule has 0 amide bonds. The van der Waals surface area contributed by atoms with Gasteiger partial charge in [0, 0.05) is 6.04 Å². The van der Waals surface area contributed by atoms with Crippen LogP contribution in [0.15, 0.2) is 0 Å². The molecule has 0 saturated carbocycles. The van der Waals surface area contributed by atoms with Gasteiger partial charge in [0.2, 0.25) is 0 Å². The molecule has 1 aliphatic rings. The van der Waals surface area contributed by atoms with Gasteiger partial charge in [-0.3, -0.25) is 0 Å². The fourth-order valence-corrected chi connectivity index (χ4v) is 2.03. The molecule has 1 saturated heterocycles. The van der Waals surface area contributed by atoms with Crippen molar-refractivity contribution in [3.05, 3.63) is 0 Å². The van der Waals surface area contributed by atoms with Crippen LogP contribution in [-0.4, -0.2) is 37.6 Å². The first kappa shape index (κ1) is 12.0. The molecule has 0 unspecified atom stereocenters. The topological polar surface area (TPSA) is 15.3 Å². The van der Waals surface area contributed by atoms with E-state index in [1.807, 2.05) is 0 Å². The maximum absolute atomic E-state index is 3.67. The summed E-state index contributed by atoms with van der Waals surface area (Å²) < 4.78 is 0. The van der Waals surface area contributed by atoms with Crippen molar-refractivity contribution in [3.63, 3.8) is 0 Å². The lowest BCUT2D eigenvalue weighted by atomic mass is 10.0.